The SMILES string of the molecule is O=CC(OC(=O)c1cc(O)c(O)c(O)c1)C(OC(=O)c1cc(O)c(O)c(O)c1)C1OC(=O)c2cc(Oc3c(C(=O)OC4C(OC(=O)c5cc(O)c(O)c(O)c5)OC5COC(=O)c6cc(O)c(O)c(O)c6-c6c(cc(O)c(O)c6O)C(=O)OC5C4OC(=O)c4cc(O)c(O)c(O)c4)cc(O)c(O)c3O)c(O)c(O)c2-c2c(cc(O)c(O)c2O)C(=O)OCC1O. The lowest BCUT2D eigenvalue weighted by Gasteiger charge is -2.43. The molecule has 3 aliphatic heterocycles. The van der Waals surface area contributed by atoms with Crippen LogP contribution in [0.25, 0.3) is 22.3 Å². The molecule has 0 saturated carbocycles. The quantitative estimate of drug-likeness (QED) is 0.0303. The molecular formula is C75H54O48. The average Bonchev–Trinajstić information content (AvgIpc) is 1.70. The van der Waals surface area contributed by atoms with Crippen LogP contribution in [0, 0.1) is 0 Å². The van der Waals surface area contributed by atoms with Crippen LogP contribution >= 0.6 is 0 Å². The molecule has 9 aromatic carbocycles. The van der Waals surface area contributed by atoms with Gasteiger partial charge in [0.15, 0.2) is 163 Å². The third-order valence-corrected chi connectivity index (χ3v) is 18.4. The van der Waals surface area contributed by atoms with E-state index in [4.69, 9.17) is 52.1 Å². The smallest absolute Gasteiger partial charge is 0.342 e. The van der Waals surface area contributed by atoms with Gasteiger partial charge in [-0.2, -0.15) is 0 Å². The van der Waals surface area contributed by atoms with Gasteiger partial charge in [-0.25, -0.2) is 43.2 Å². The molecule has 3 aliphatic rings. The summed E-state index contributed by atoms with van der Waals surface area (Å²) in [6.45, 7) is -3.22. The van der Waals surface area contributed by atoms with Crippen LogP contribution in [-0.4, -0.2) is 266 Å². The molecular weight excluding hydrogens is 1670 g/mol. The van der Waals surface area contributed by atoms with Crippen LogP contribution in [0.3, 0.4) is 0 Å². The Morgan fingerprint density at radius 2 is 0.691 bits per heavy atom. The number of hydrogen-bond acceptors (Lipinski definition) is 48. The molecule has 0 spiro atoms. The minimum atomic E-state index is -3.14. The molecule has 1 fully saturated rings. The molecule has 642 valence electrons. The van der Waals surface area contributed by atoms with Crippen molar-refractivity contribution in [1.82, 2.24) is 0 Å². The molecule has 9 unspecified atom stereocenters. The van der Waals surface area contributed by atoms with E-state index in [-0.39, 0.29) is 24.3 Å². The van der Waals surface area contributed by atoms with Crippen molar-refractivity contribution in [2.75, 3.05) is 13.2 Å². The largest absolute Gasteiger partial charge is 0.504 e. The van der Waals surface area contributed by atoms with Gasteiger partial charge in [-0.05, 0) is 66.7 Å². The Morgan fingerprint density at radius 1 is 0.350 bits per heavy atom. The fraction of sp³-hybridized carbons (Fsp3) is 0.147. The highest BCUT2D eigenvalue weighted by molar-refractivity contribution is 6.10. The third kappa shape index (κ3) is 15.4. The molecule has 1 saturated heterocycles. The van der Waals surface area contributed by atoms with Gasteiger partial charge in [0, 0.05) is 34.4 Å². The maximum absolute atomic E-state index is 15.6. The summed E-state index contributed by atoms with van der Waals surface area (Å²) in [6, 6.07) is 3.93. The Hall–Kier alpha value is -17.6. The summed E-state index contributed by atoms with van der Waals surface area (Å²) in [5.74, 6) is -60.6. The Bertz CT molecular complexity index is 5950. The lowest BCUT2D eigenvalue weighted by Crippen LogP contribution is -2.63. The number of aromatic hydroxyl groups is 26. The Balaban J connectivity index is 1.03. The van der Waals surface area contributed by atoms with E-state index in [1.54, 1.807) is 0 Å². The molecule has 9 atom stereocenters. The predicted molar refractivity (Wildman–Crippen MR) is 381 cm³/mol. The fourth-order valence-corrected chi connectivity index (χ4v) is 12.4. The standard InChI is InChI=1S/C75H54O48/c76-14-40(116-66(104)17-1-26(77)46(90)27(78)2-17)62(119-67(105)18-3-28(79)47(91)29(80)4-18)61-38(89)15-113-70(108)21-9-34(85)51(95)56(100)43(21)45-24(73(111)118-61)13-39(54(98)58(45)102)115-60-25(12-37(88)53(97)59(60)103)74(112)122-65-64(121-68(106)19-5-30(81)48(92)31(82)6-19)63-41(117-75(65)123-69(107)20-7-32(83)49(93)33(84)8-20)16-114-71(109)22-10-35(86)50(94)55(99)42(22)44-23(72(110)120-63)11-36(87)52(96)57(44)101/h1-14,38,40-41,61-65,75,77-103H,15-16H2. The number of rotatable bonds is 15. The van der Waals surface area contributed by atoms with Gasteiger partial charge in [0.05, 0.1) is 44.5 Å². The van der Waals surface area contributed by atoms with E-state index in [1.165, 1.54) is 0 Å². The van der Waals surface area contributed by atoms with Gasteiger partial charge >= 0.3 is 53.7 Å². The number of phenols is 26. The van der Waals surface area contributed by atoms with Crippen molar-refractivity contribution < 1.29 is 238 Å². The summed E-state index contributed by atoms with van der Waals surface area (Å²) in [7, 11) is 0. The number of benzene rings is 9. The molecule has 48 nitrogen and oxygen atoms in total. The molecule has 0 aliphatic carbocycles. The third-order valence-electron chi connectivity index (χ3n) is 18.4. The molecule has 48 heteroatoms. The number of ether oxygens (including phenoxy) is 11. The summed E-state index contributed by atoms with van der Waals surface area (Å²) in [4.78, 5) is 145. The number of hydrogen-bond donors (Lipinski definition) is 27. The van der Waals surface area contributed by atoms with E-state index in [2.05, 4.69) is 0 Å². The van der Waals surface area contributed by atoms with Crippen molar-refractivity contribution in [1.29, 1.82) is 0 Å². The molecule has 3 heterocycles. The number of phenolic OH excluding ortho intramolecular Hbond substituents is 26. The number of carbonyl (C=O) groups is 10. The van der Waals surface area contributed by atoms with Crippen LogP contribution in [0.2, 0.25) is 0 Å². The van der Waals surface area contributed by atoms with Gasteiger partial charge in [0.2, 0.25) is 46.9 Å². The van der Waals surface area contributed by atoms with Gasteiger partial charge in [0.25, 0.3) is 0 Å². The highest BCUT2D eigenvalue weighted by atomic mass is 16.8. The van der Waals surface area contributed by atoms with Gasteiger partial charge in [-0.15, -0.1) is 0 Å². The lowest BCUT2D eigenvalue weighted by atomic mass is 9.91. The number of cyclic esters (lactones) is 3. The number of fused-ring (bicyclic) bond motifs is 7. The normalized spacial score (nSPS) is 17.9. The van der Waals surface area contributed by atoms with Crippen molar-refractivity contribution in [3.05, 3.63) is 129 Å². The first-order valence-corrected chi connectivity index (χ1v) is 33.8. The van der Waals surface area contributed by atoms with Gasteiger partial charge < -0.3 is 190 Å². The minimum Gasteiger partial charge on any atom is -0.504 e. The van der Waals surface area contributed by atoms with Crippen LogP contribution in [0.5, 0.6) is 161 Å². The Labute approximate surface area is 676 Å². The summed E-state index contributed by atoms with van der Waals surface area (Å²) >= 11 is 0. The fourth-order valence-electron chi connectivity index (χ4n) is 12.4. The Morgan fingerprint density at radius 3 is 1.12 bits per heavy atom. The van der Waals surface area contributed by atoms with E-state index in [1.807, 2.05) is 0 Å². The van der Waals surface area contributed by atoms with Gasteiger partial charge in [0.1, 0.15) is 31.0 Å². The summed E-state index contributed by atoms with van der Waals surface area (Å²) in [5.41, 5.74) is -16.8. The first kappa shape index (κ1) is 84.8. The second kappa shape index (κ2) is 32.1. The van der Waals surface area contributed by atoms with Gasteiger partial charge in [-0.3, -0.25) is 4.79 Å². The number of aliphatic hydroxyl groups excluding tert-OH is 1. The molecule has 27 N–H and O–H groups in total. The number of aldehydes is 1. The predicted octanol–water partition coefficient (Wildman–Crippen LogP) is 2.59. The van der Waals surface area contributed by atoms with Crippen molar-refractivity contribution in [3.8, 4) is 183 Å². The monoisotopic (exact) mass is 1720 g/mol. The maximum Gasteiger partial charge on any atom is 0.342 e. The zero-order valence-corrected chi connectivity index (χ0v) is 60.3. The first-order valence-electron chi connectivity index (χ1n) is 33.8. The average molecular weight is 1720 g/mol. The van der Waals surface area contributed by atoms with E-state index in [0.717, 1.165) is 0 Å². The van der Waals surface area contributed by atoms with Crippen LogP contribution < -0.4 is 4.74 Å². The van der Waals surface area contributed by atoms with E-state index < -0.39 is 362 Å². The molecule has 12 rings (SSSR count). The van der Waals surface area contributed by atoms with E-state index in [0.29, 0.717) is 54.6 Å². The zero-order chi connectivity index (χ0) is 90.2. The summed E-state index contributed by atoms with van der Waals surface area (Å²) in [6.07, 6.45) is -26.9. The maximum atomic E-state index is 15.6. The summed E-state index contributed by atoms with van der Waals surface area (Å²) < 4.78 is 61.3. The minimum absolute atomic E-state index is 0.0361. The highest BCUT2D eigenvalue weighted by Crippen LogP contribution is 2.58. The van der Waals surface area contributed by atoms with Crippen molar-refractivity contribution in [3.63, 3.8) is 0 Å². The zero-order valence-electron chi connectivity index (χ0n) is 60.3. The van der Waals surface area contributed by atoms with Crippen molar-refractivity contribution in [2.45, 2.75) is 55.1 Å². The number of esters is 9. The molecule has 0 aromatic heterocycles. The van der Waals surface area contributed by atoms with E-state index in [9.17, 15) is 171 Å². The second-order valence-electron chi connectivity index (χ2n) is 26.1. The van der Waals surface area contributed by atoms with Crippen LogP contribution in [-0.2, 0) is 52.2 Å². The van der Waals surface area contributed by atoms with E-state index >= 15 is 14.4 Å². The lowest BCUT2D eigenvalue weighted by molar-refractivity contribution is -0.282. The number of carbonyl (C=O) groups excluding carboxylic acids is 10. The number of aliphatic hydroxyl groups is 1. The highest BCUT2D eigenvalue weighted by Gasteiger charge is 2.56. The molecule has 0 radical (unpaired) electrons. The molecule has 9 aromatic rings. The van der Waals surface area contributed by atoms with Crippen molar-refractivity contribution >= 4 is 60.0 Å². The Kier molecular flexibility index (Phi) is 22.1. The first-order chi connectivity index (χ1) is 57.8. The van der Waals surface area contributed by atoms with Gasteiger partial charge in [-0.1, -0.05) is 0 Å². The second-order valence-corrected chi connectivity index (χ2v) is 26.1. The van der Waals surface area contributed by atoms with Crippen LogP contribution in [0.15, 0.2) is 78.9 Å². The van der Waals surface area contributed by atoms with Crippen LogP contribution in [0.1, 0.15) is 93.2 Å². The topological polar surface area (TPSA) is 818 Å². The molecule has 123 heavy (non-hydrogen) atoms. The molecule has 0 bridgehead atoms. The van der Waals surface area contributed by atoms with Crippen LogP contribution in [0.4, 0.5) is 0 Å². The van der Waals surface area contributed by atoms with Crippen molar-refractivity contribution in [2.24, 2.45) is 0 Å². The molecule has 0 amide bonds. The summed E-state index contributed by atoms with van der Waals surface area (Å²) in [5, 5.41) is 294.